The molecule has 3 N–H and O–H groups in total. The molecule has 4 heteroatoms. The number of amides is 1. The second-order valence-electron chi connectivity index (χ2n) is 5.73. The Balaban J connectivity index is 2.57. The Morgan fingerprint density at radius 1 is 1.59 bits per heavy atom. The van der Waals surface area contributed by atoms with E-state index >= 15 is 0 Å². The molecule has 0 saturated carbocycles. The first-order valence-corrected chi connectivity index (χ1v) is 6.52. The van der Waals surface area contributed by atoms with Crippen LogP contribution in [0, 0.1) is 11.8 Å². The van der Waals surface area contributed by atoms with Crippen molar-refractivity contribution in [3.8, 4) is 0 Å². The van der Waals surface area contributed by atoms with E-state index in [0.29, 0.717) is 12.5 Å². The minimum Gasteiger partial charge on any atom is -0.376 e. The molecular weight excluding hydrogens is 216 g/mol. The van der Waals surface area contributed by atoms with Crippen LogP contribution < -0.4 is 11.1 Å². The van der Waals surface area contributed by atoms with Gasteiger partial charge in [0.15, 0.2) is 0 Å². The van der Waals surface area contributed by atoms with Crippen LogP contribution >= 0.6 is 0 Å². The molecule has 1 aliphatic rings. The third-order valence-electron chi connectivity index (χ3n) is 3.71. The van der Waals surface area contributed by atoms with Gasteiger partial charge in [-0.2, -0.15) is 0 Å². The van der Waals surface area contributed by atoms with E-state index in [0.717, 1.165) is 19.4 Å². The summed E-state index contributed by atoms with van der Waals surface area (Å²) in [6.07, 6.45) is 1.79. The first kappa shape index (κ1) is 14.5. The highest BCUT2D eigenvalue weighted by atomic mass is 16.5. The van der Waals surface area contributed by atoms with Crippen molar-refractivity contribution in [2.45, 2.75) is 52.2 Å². The summed E-state index contributed by atoms with van der Waals surface area (Å²) < 4.78 is 5.52. The molecule has 3 atom stereocenters. The molecule has 3 unspecified atom stereocenters. The topological polar surface area (TPSA) is 64.4 Å². The second kappa shape index (κ2) is 5.83. The van der Waals surface area contributed by atoms with Gasteiger partial charge in [-0.1, -0.05) is 13.8 Å². The molecule has 0 aromatic heterocycles. The highest BCUT2D eigenvalue weighted by Gasteiger charge is 2.39. The number of nitrogens with two attached hydrogens (primary N) is 1. The number of carbonyl (C=O) groups excluding carboxylic acids is 1. The molecule has 1 fully saturated rings. The quantitative estimate of drug-likeness (QED) is 0.763. The van der Waals surface area contributed by atoms with Crippen LogP contribution in [-0.4, -0.2) is 30.7 Å². The molecule has 0 bridgehead atoms. The van der Waals surface area contributed by atoms with E-state index in [4.69, 9.17) is 10.5 Å². The van der Waals surface area contributed by atoms with E-state index in [2.05, 4.69) is 19.2 Å². The molecule has 17 heavy (non-hydrogen) atoms. The molecule has 1 aliphatic heterocycles. The maximum absolute atomic E-state index is 12.2. The van der Waals surface area contributed by atoms with Gasteiger partial charge in [0.2, 0.25) is 5.91 Å². The lowest BCUT2D eigenvalue weighted by Gasteiger charge is -2.31. The third kappa shape index (κ3) is 3.68. The number of carbonyl (C=O) groups is 1. The molecule has 0 aromatic carbocycles. The summed E-state index contributed by atoms with van der Waals surface area (Å²) in [4.78, 5) is 12.2. The minimum atomic E-state index is -0.235. The Bertz CT molecular complexity index is 268. The number of rotatable bonds is 5. The predicted molar refractivity (Wildman–Crippen MR) is 68.6 cm³/mol. The zero-order valence-corrected chi connectivity index (χ0v) is 11.5. The summed E-state index contributed by atoms with van der Waals surface area (Å²) in [7, 11) is 0. The van der Waals surface area contributed by atoms with Gasteiger partial charge in [0.1, 0.15) is 0 Å². The molecule has 1 rings (SSSR count). The minimum absolute atomic E-state index is 0.0704. The van der Waals surface area contributed by atoms with Gasteiger partial charge in [-0.05, 0) is 32.6 Å². The summed E-state index contributed by atoms with van der Waals surface area (Å²) in [6.45, 7) is 9.40. The van der Waals surface area contributed by atoms with E-state index in [9.17, 15) is 4.79 Å². The Morgan fingerprint density at radius 2 is 2.24 bits per heavy atom. The van der Waals surface area contributed by atoms with Crippen molar-refractivity contribution in [3.05, 3.63) is 0 Å². The largest absolute Gasteiger partial charge is 0.376 e. The Morgan fingerprint density at radius 3 is 2.65 bits per heavy atom. The highest BCUT2D eigenvalue weighted by Crippen LogP contribution is 2.25. The van der Waals surface area contributed by atoms with E-state index < -0.39 is 0 Å². The van der Waals surface area contributed by atoms with Crippen LogP contribution in [-0.2, 0) is 9.53 Å². The van der Waals surface area contributed by atoms with Gasteiger partial charge >= 0.3 is 0 Å². The number of hydrogen-bond acceptors (Lipinski definition) is 3. The van der Waals surface area contributed by atoms with Gasteiger partial charge in [-0.3, -0.25) is 4.79 Å². The van der Waals surface area contributed by atoms with Crippen molar-refractivity contribution in [1.29, 1.82) is 0 Å². The lowest BCUT2D eigenvalue weighted by atomic mass is 9.91. The van der Waals surface area contributed by atoms with E-state index in [1.165, 1.54) is 0 Å². The third-order valence-corrected chi connectivity index (χ3v) is 3.71. The highest BCUT2D eigenvalue weighted by molar-refractivity contribution is 5.79. The molecule has 0 aromatic rings. The monoisotopic (exact) mass is 242 g/mol. The number of hydrogen-bond donors (Lipinski definition) is 2. The molecular formula is C13H26N2O2. The average molecular weight is 242 g/mol. The van der Waals surface area contributed by atoms with Crippen LogP contribution in [0.2, 0.25) is 0 Å². The summed E-state index contributed by atoms with van der Waals surface area (Å²) in [5, 5.41) is 3.12. The summed E-state index contributed by atoms with van der Waals surface area (Å²) in [6, 6.07) is 0. The van der Waals surface area contributed by atoms with Crippen molar-refractivity contribution in [2.24, 2.45) is 17.6 Å². The van der Waals surface area contributed by atoms with Crippen molar-refractivity contribution in [2.75, 3.05) is 13.2 Å². The van der Waals surface area contributed by atoms with Crippen molar-refractivity contribution < 1.29 is 9.53 Å². The van der Waals surface area contributed by atoms with Crippen LogP contribution in [0.15, 0.2) is 0 Å². The van der Waals surface area contributed by atoms with Gasteiger partial charge in [-0.25, -0.2) is 0 Å². The lowest BCUT2D eigenvalue weighted by molar-refractivity contribution is -0.127. The van der Waals surface area contributed by atoms with Gasteiger partial charge < -0.3 is 15.8 Å². The zero-order valence-electron chi connectivity index (χ0n) is 11.5. The maximum Gasteiger partial charge on any atom is 0.224 e. The molecule has 1 heterocycles. The molecule has 0 aliphatic carbocycles. The Labute approximate surface area is 104 Å². The summed E-state index contributed by atoms with van der Waals surface area (Å²) in [5.41, 5.74) is 5.45. The molecule has 4 nitrogen and oxygen atoms in total. The van der Waals surface area contributed by atoms with Crippen LogP contribution in [0.25, 0.3) is 0 Å². The molecule has 100 valence electrons. The first-order valence-electron chi connectivity index (χ1n) is 6.52. The lowest BCUT2D eigenvalue weighted by Crippen LogP contribution is -2.53. The molecule has 0 radical (unpaired) electrons. The maximum atomic E-state index is 12.2. The standard InChI is InChI=1S/C13H26N2O2/c1-9(2)7-11(8-14)12(16)15-13(4)5-6-17-10(13)3/h9-11H,5-8,14H2,1-4H3,(H,15,16). The van der Waals surface area contributed by atoms with E-state index in [1.807, 2.05) is 13.8 Å². The normalized spacial score (nSPS) is 30.6. The van der Waals surface area contributed by atoms with Crippen LogP contribution in [0.4, 0.5) is 0 Å². The average Bonchev–Trinajstić information content (AvgIpc) is 2.55. The predicted octanol–water partition coefficient (Wildman–Crippen LogP) is 1.29. The van der Waals surface area contributed by atoms with E-state index in [1.54, 1.807) is 0 Å². The number of nitrogens with one attached hydrogen (secondary N) is 1. The summed E-state index contributed by atoms with van der Waals surface area (Å²) >= 11 is 0. The van der Waals surface area contributed by atoms with Gasteiger partial charge in [0.25, 0.3) is 0 Å². The Hall–Kier alpha value is -0.610. The van der Waals surface area contributed by atoms with Gasteiger partial charge in [0, 0.05) is 13.2 Å². The van der Waals surface area contributed by atoms with Crippen LogP contribution in [0.3, 0.4) is 0 Å². The summed E-state index contributed by atoms with van der Waals surface area (Å²) in [5.74, 6) is 0.472. The zero-order chi connectivity index (χ0) is 13.1. The fourth-order valence-electron chi connectivity index (χ4n) is 2.26. The fraction of sp³-hybridized carbons (Fsp3) is 0.923. The SMILES string of the molecule is CC(C)CC(CN)C(=O)NC1(C)CCOC1C. The molecule has 1 saturated heterocycles. The second-order valence-corrected chi connectivity index (χ2v) is 5.73. The molecule has 1 amide bonds. The first-order chi connectivity index (χ1) is 7.89. The Kier molecular flexibility index (Phi) is 4.95. The number of ether oxygens (including phenoxy) is 1. The van der Waals surface area contributed by atoms with Crippen molar-refractivity contribution in [1.82, 2.24) is 5.32 Å². The van der Waals surface area contributed by atoms with Gasteiger partial charge in [0.05, 0.1) is 17.6 Å². The van der Waals surface area contributed by atoms with Crippen LogP contribution in [0.1, 0.15) is 40.5 Å². The molecule has 0 spiro atoms. The van der Waals surface area contributed by atoms with Crippen molar-refractivity contribution >= 4 is 5.91 Å². The smallest absolute Gasteiger partial charge is 0.224 e. The van der Waals surface area contributed by atoms with Crippen molar-refractivity contribution in [3.63, 3.8) is 0 Å². The van der Waals surface area contributed by atoms with Gasteiger partial charge in [-0.15, -0.1) is 0 Å². The fourth-order valence-corrected chi connectivity index (χ4v) is 2.26. The van der Waals surface area contributed by atoms with Crippen LogP contribution in [0.5, 0.6) is 0 Å². The van der Waals surface area contributed by atoms with E-state index in [-0.39, 0.29) is 23.5 Å².